The maximum Gasteiger partial charge on any atom is 0.244 e. The molecular formula is C13H21NO4S. The molecule has 0 atom stereocenters. The normalized spacial score (nSPS) is 11.3. The molecule has 0 aliphatic heterocycles. The largest absolute Gasteiger partial charge is 0.494 e. The molecule has 0 fully saturated rings. The summed E-state index contributed by atoms with van der Waals surface area (Å²) in [5.41, 5.74) is 0. The summed E-state index contributed by atoms with van der Waals surface area (Å²) in [5, 5.41) is 0. The van der Waals surface area contributed by atoms with Gasteiger partial charge in [-0.2, -0.15) is 0 Å². The molecule has 1 aromatic rings. The van der Waals surface area contributed by atoms with Crippen LogP contribution in [0, 0.1) is 0 Å². The SMILES string of the molecule is CCCNS(=O)(=O)c1cc(OCC)ccc1OCC. The van der Waals surface area contributed by atoms with Crippen molar-refractivity contribution in [1.29, 1.82) is 0 Å². The fourth-order valence-corrected chi connectivity index (χ4v) is 2.84. The van der Waals surface area contributed by atoms with Crippen LogP contribution < -0.4 is 14.2 Å². The van der Waals surface area contributed by atoms with E-state index in [0.29, 0.717) is 31.3 Å². The van der Waals surface area contributed by atoms with Crippen LogP contribution in [-0.2, 0) is 10.0 Å². The van der Waals surface area contributed by atoms with E-state index in [1.807, 2.05) is 20.8 Å². The monoisotopic (exact) mass is 287 g/mol. The van der Waals surface area contributed by atoms with Gasteiger partial charge in [0.1, 0.15) is 16.4 Å². The first-order chi connectivity index (χ1) is 9.05. The third-order valence-corrected chi connectivity index (χ3v) is 3.84. The van der Waals surface area contributed by atoms with Gasteiger partial charge >= 0.3 is 0 Å². The third kappa shape index (κ3) is 4.40. The van der Waals surface area contributed by atoms with Crippen LogP contribution in [-0.4, -0.2) is 28.2 Å². The first-order valence-electron chi connectivity index (χ1n) is 6.44. The Morgan fingerprint density at radius 2 is 1.79 bits per heavy atom. The van der Waals surface area contributed by atoms with Crippen LogP contribution in [0.2, 0.25) is 0 Å². The topological polar surface area (TPSA) is 64.6 Å². The van der Waals surface area contributed by atoms with Crippen molar-refractivity contribution in [3.8, 4) is 11.5 Å². The fourth-order valence-electron chi connectivity index (χ4n) is 1.54. The number of hydrogen-bond acceptors (Lipinski definition) is 4. The Balaban J connectivity index is 3.15. The predicted molar refractivity (Wildman–Crippen MR) is 74.3 cm³/mol. The van der Waals surface area contributed by atoms with Crippen molar-refractivity contribution in [1.82, 2.24) is 4.72 Å². The van der Waals surface area contributed by atoms with Gasteiger partial charge in [-0.3, -0.25) is 0 Å². The van der Waals surface area contributed by atoms with Crippen molar-refractivity contribution in [2.24, 2.45) is 0 Å². The molecule has 0 aliphatic carbocycles. The van der Waals surface area contributed by atoms with E-state index < -0.39 is 10.0 Å². The van der Waals surface area contributed by atoms with Crippen molar-refractivity contribution in [3.05, 3.63) is 18.2 Å². The van der Waals surface area contributed by atoms with Gasteiger partial charge in [0, 0.05) is 12.6 Å². The van der Waals surface area contributed by atoms with E-state index in [1.165, 1.54) is 6.07 Å². The second-order valence-corrected chi connectivity index (χ2v) is 5.61. The van der Waals surface area contributed by atoms with E-state index in [1.54, 1.807) is 12.1 Å². The highest BCUT2D eigenvalue weighted by molar-refractivity contribution is 7.89. The molecule has 0 saturated carbocycles. The molecule has 0 unspecified atom stereocenters. The highest BCUT2D eigenvalue weighted by Crippen LogP contribution is 2.28. The second kappa shape index (κ2) is 7.35. The zero-order valence-electron chi connectivity index (χ0n) is 11.6. The Bertz CT molecular complexity index is 499. The molecule has 0 saturated heterocycles. The van der Waals surface area contributed by atoms with Gasteiger partial charge in [0.2, 0.25) is 10.0 Å². The Kier molecular flexibility index (Phi) is 6.11. The van der Waals surface area contributed by atoms with E-state index in [9.17, 15) is 8.42 Å². The average molecular weight is 287 g/mol. The Labute approximate surface area is 115 Å². The lowest BCUT2D eigenvalue weighted by Gasteiger charge is -2.13. The molecule has 108 valence electrons. The molecule has 1 N–H and O–H groups in total. The lowest BCUT2D eigenvalue weighted by Crippen LogP contribution is -2.25. The first kappa shape index (κ1) is 15.8. The van der Waals surface area contributed by atoms with Crippen LogP contribution in [0.25, 0.3) is 0 Å². The van der Waals surface area contributed by atoms with Gasteiger partial charge in [-0.1, -0.05) is 6.92 Å². The summed E-state index contributed by atoms with van der Waals surface area (Å²) in [4.78, 5) is 0.119. The summed E-state index contributed by atoms with van der Waals surface area (Å²) in [6.07, 6.45) is 0.731. The molecule has 0 amide bonds. The minimum absolute atomic E-state index is 0.119. The van der Waals surface area contributed by atoms with Crippen molar-refractivity contribution >= 4 is 10.0 Å². The molecule has 0 radical (unpaired) electrons. The quantitative estimate of drug-likeness (QED) is 0.796. The van der Waals surface area contributed by atoms with Gasteiger partial charge in [0.25, 0.3) is 0 Å². The van der Waals surface area contributed by atoms with Gasteiger partial charge in [0.05, 0.1) is 13.2 Å². The van der Waals surface area contributed by atoms with Crippen LogP contribution in [0.15, 0.2) is 23.1 Å². The maximum atomic E-state index is 12.2. The van der Waals surface area contributed by atoms with E-state index in [0.717, 1.165) is 6.42 Å². The molecule has 0 spiro atoms. The molecule has 0 aromatic heterocycles. The Hall–Kier alpha value is -1.27. The van der Waals surface area contributed by atoms with Crippen LogP contribution in [0.3, 0.4) is 0 Å². The van der Waals surface area contributed by atoms with Crippen molar-refractivity contribution in [2.45, 2.75) is 32.1 Å². The number of sulfonamides is 1. The summed E-state index contributed by atoms with van der Waals surface area (Å²) in [6, 6.07) is 4.81. The highest BCUT2D eigenvalue weighted by atomic mass is 32.2. The summed E-state index contributed by atoms with van der Waals surface area (Å²) in [6.45, 7) is 6.85. The Morgan fingerprint density at radius 1 is 1.11 bits per heavy atom. The van der Waals surface area contributed by atoms with Crippen LogP contribution >= 0.6 is 0 Å². The first-order valence-corrected chi connectivity index (χ1v) is 7.92. The lowest BCUT2D eigenvalue weighted by molar-refractivity contribution is 0.322. The molecular weight excluding hydrogens is 266 g/mol. The van der Waals surface area contributed by atoms with Gasteiger partial charge in [-0.05, 0) is 32.4 Å². The zero-order valence-corrected chi connectivity index (χ0v) is 12.4. The van der Waals surface area contributed by atoms with Gasteiger partial charge < -0.3 is 9.47 Å². The molecule has 0 bridgehead atoms. The van der Waals surface area contributed by atoms with E-state index in [2.05, 4.69) is 4.72 Å². The third-order valence-electron chi connectivity index (χ3n) is 2.36. The molecule has 1 aromatic carbocycles. The molecule has 5 nitrogen and oxygen atoms in total. The summed E-state index contributed by atoms with van der Waals surface area (Å²) in [7, 11) is -3.57. The summed E-state index contributed by atoms with van der Waals surface area (Å²) >= 11 is 0. The number of nitrogens with one attached hydrogen (secondary N) is 1. The van der Waals surface area contributed by atoms with Crippen LogP contribution in [0.1, 0.15) is 27.2 Å². The number of rotatable bonds is 8. The number of benzene rings is 1. The number of ether oxygens (including phenoxy) is 2. The molecule has 19 heavy (non-hydrogen) atoms. The zero-order chi connectivity index (χ0) is 14.3. The standard InChI is InChI=1S/C13H21NO4S/c1-4-9-14-19(15,16)13-10-11(17-5-2)7-8-12(13)18-6-3/h7-8,10,14H,4-6,9H2,1-3H3. The second-order valence-electron chi connectivity index (χ2n) is 3.87. The average Bonchev–Trinajstić information content (AvgIpc) is 2.39. The highest BCUT2D eigenvalue weighted by Gasteiger charge is 2.20. The van der Waals surface area contributed by atoms with E-state index >= 15 is 0 Å². The van der Waals surface area contributed by atoms with E-state index in [4.69, 9.17) is 9.47 Å². The van der Waals surface area contributed by atoms with Crippen molar-refractivity contribution < 1.29 is 17.9 Å². The van der Waals surface area contributed by atoms with Gasteiger partial charge in [0.15, 0.2) is 0 Å². The molecule has 0 heterocycles. The van der Waals surface area contributed by atoms with Crippen LogP contribution in [0.5, 0.6) is 11.5 Å². The van der Waals surface area contributed by atoms with Crippen molar-refractivity contribution in [2.75, 3.05) is 19.8 Å². The van der Waals surface area contributed by atoms with Gasteiger partial charge in [-0.15, -0.1) is 0 Å². The lowest BCUT2D eigenvalue weighted by atomic mass is 10.3. The molecule has 1 rings (SSSR count). The molecule has 6 heteroatoms. The summed E-state index contributed by atoms with van der Waals surface area (Å²) in [5.74, 6) is 0.859. The smallest absolute Gasteiger partial charge is 0.244 e. The van der Waals surface area contributed by atoms with Crippen molar-refractivity contribution in [3.63, 3.8) is 0 Å². The minimum atomic E-state index is -3.57. The molecule has 0 aliphatic rings. The summed E-state index contributed by atoms with van der Waals surface area (Å²) < 4.78 is 37.6. The number of hydrogen-bond donors (Lipinski definition) is 1. The maximum absolute atomic E-state index is 12.2. The van der Waals surface area contributed by atoms with Crippen LogP contribution in [0.4, 0.5) is 0 Å². The predicted octanol–water partition coefficient (Wildman–Crippen LogP) is 2.17. The van der Waals surface area contributed by atoms with Gasteiger partial charge in [-0.25, -0.2) is 13.1 Å². The Morgan fingerprint density at radius 3 is 2.37 bits per heavy atom. The minimum Gasteiger partial charge on any atom is -0.494 e. The van der Waals surface area contributed by atoms with E-state index in [-0.39, 0.29) is 4.90 Å². The fraction of sp³-hybridized carbons (Fsp3) is 0.538.